The third-order valence-corrected chi connectivity index (χ3v) is 3.21. The van der Waals surface area contributed by atoms with Gasteiger partial charge in [0.25, 0.3) is 0 Å². The monoisotopic (exact) mass is 341 g/mol. The zero-order valence-corrected chi connectivity index (χ0v) is 12.0. The van der Waals surface area contributed by atoms with E-state index in [0.29, 0.717) is 11.6 Å². The number of hydrogen-bond donors (Lipinski definition) is 0. The maximum atomic E-state index is 12.6. The van der Waals surface area contributed by atoms with Crippen LogP contribution >= 0.6 is 11.6 Å². The van der Waals surface area contributed by atoms with E-state index < -0.39 is 17.4 Å². The molecular weight excluding hydrogens is 335 g/mol. The summed E-state index contributed by atoms with van der Waals surface area (Å²) in [6.45, 7) is 0. The topological polar surface area (TPSA) is 52.3 Å². The molecule has 0 N–H and O–H groups in total. The van der Waals surface area contributed by atoms with Crippen molar-refractivity contribution in [2.45, 2.75) is 6.18 Å². The summed E-state index contributed by atoms with van der Waals surface area (Å²) in [5.41, 5.74) is -1.22. The van der Waals surface area contributed by atoms with Crippen molar-refractivity contribution < 1.29 is 22.3 Å². The molecule has 4 nitrogen and oxygen atoms in total. The second kappa shape index (κ2) is 5.58. The fraction of sp³-hybridized carbons (Fsp3) is 0.0667. The summed E-state index contributed by atoms with van der Waals surface area (Å²) in [5, 5.41) is 0.387. The van der Waals surface area contributed by atoms with E-state index in [1.165, 1.54) is 12.1 Å². The van der Waals surface area contributed by atoms with E-state index in [2.05, 4.69) is 4.98 Å². The van der Waals surface area contributed by atoms with Gasteiger partial charge >= 0.3 is 11.8 Å². The summed E-state index contributed by atoms with van der Waals surface area (Å²) in [6, 6.07) is 8.19. The fourth-order valence-electron chi connectivity index (χ4n) is 1.87. The third kappa shape index (κ3) is 3.29. The number of pyridine rings is 1. The Morgan fingerprint density at radius 2 is 1.87 bits per heavy atom. The standard InChI is InChI=1S/C15H7ClF3NO3/c16-11-5-9(15(17,18)19)7-20-14(11)22-10-3-1-8-2-4-13(21)23-12(8)6-10/h1-7H. The van der Waals surface area contributed by atoms with Crippen molar-refractivity contribution in [1.82, 2.24) is 4.98 Å². The number of alkyl halides is 3. The quantitative estimate of drug-likeness (QED) is 0.636. The van der Waals surface area contributed by atoms with Crippen LogP contribution in [0, 0.1) is 0 Å². The Morgan fingerprint density at radius 3 is 2.57 bits per heavy atom. The Labute approximate surface area is 132 Å². The first-order chi connectivity index (χ1) is 10.8. The Kier molecular flexibility index (Phi) is 3.73. The number of rotatable bonds is 2. The summed E-state index contributed by atoms with van der Waals surface area (Å²) >= 11 is 5.77. The highest BCUT2D eigenvalue weighted by molar-refractivity contribution is 6.31. The number of benzene rings is 1. The van der Waals surface area contributed by atoms with Crippen molar-refractivity contribution in [3.63, 3.8) is 0 Å². The van der Waals surface area contributed by atoms with Gasteiger partial charge in [-0.25, -0.2) is 9.78 Å². The molecule has 2 aromatic heterocycles. The van der Waals surface area contributed by atoms with Crippen LogP contribution in [-0.4, -0.2) is 4.98 Å². The first-order valence-corrected chi connectivity index (χ1v) is 6.65. The van der Waals surface area contributed by atoms with E-state index >= 15 is 0 Å². The molecule has 2 heterocycles. The maximum absolute atomic E-state index is 12.6. The molecule has 0 fully saturated rings. The normalized spacial score (nSPS) is 11.7. The highest BCUT2D eigenvalue weighted by Gasteiger charge is 2.31. The second-order valence-electron chi connectivity index (χ2n) is 4.56. The predicted molar refractivity (Wildman–Crippen MR) is 76.8 cm³/mol. The fourth-order valence-corrected chi connectivity index (χ4v) is 2.08. The van der Waals surface area contributed by atoms with Crippen molar-refractivity contribution in [2.75, 3.05) is 0 Å². The Balaban J connectivity index is 1.94. The molecule has 8 heteroatoms. The largest absolute Gasteiger partial charge is 0.437 e. The molecule has 0 spiro atoms. The van der Waals surface area contributed by atoms with Crippen LogP contribution < -0.4 is 10.4 Å². The molecular formula is C15H7ClF3NO3. The van der Waals surface area contributed by atoms with Crippen molar-refractivity contribution in [3.05, 3.63) is 63.6 Å². The third-order valence-electron chi connectivity index (χ3n) is 2.94. The number of ether oxygens (including phenoxy) is 1. The van der Waals surface area contributed by atoms with Crippen LogP contribution in [0.5, 0.6) is 11.6 Å². The van der Waals surface area contributed by atoms with Gasteiger partial charge in [0, 0.05) is 23.7 Å². The Morgan fingerprint density at radius 1 is 1.13 bits per heavy atom. The van der Waals surface area contributed by atoms with E-state index in [-0.39, 0.29) is 22.2 Å². The first kappa shape index (κ1) is 15.4. The van der Waals surface area contributed by atoms with Crippen molar-refractivity contribution in [1.29, 1.82) is 0 Å². The lowest BCUT2D eigenvalue weighted by molar-refractivity contribution is -0.137. The summed E-state index contributed by atoms with van der Waals surface area (Å²) < 4.78 is 48.0. The van der Waals surface area contributed by atoms with Gasteiger partial charge in [0.2, 0.25) is 5.88 Å². The molecule has 0 aliphatic carbocycles. The van der Waals surface area contributed by atoms with Crippen LogP contribution in [0.3, 0.4) is 0 Å². The smallest absolute Gasteiger partial charge is 0.417 e. The van der Waals surface area contributed by atoms with Crippen LogP contribution in [0.2, 0.25) is 5.02 Å². The molecule has 0 unspecified atom stereocenters. The van der Waals surface area contributed by atoms with Gasteiger partial charge in [0.1, 0.15) is 16.4 Å². The van der Waals surface area contributed by atoms with Crippen LogP contribution in [0.25, 0.3) is 11.0 Å². The number of nitrogens with zero attached hydrogens (tertiary/aromatic N) is 1. The van der Waals surface area contributed by atoms with Gasteiger partial charge in [0.15, 0.2) is 0 Å². The first-order valence-electron chi connectivity index (χ1n) is 6.27. The van der Waals surface area contributed by atoms with Crippen LogP contribution in [0.15, 0.2) is 51.8 Å². The van der Waals surface area contributed by atoms with Gasteiger partial charge in [-0.05, 0) is 24.3 Å². The summed E-state index contributed by atoms with van der Waals surface area (Å²) in [7, 11) is 0. The highest BCUT2D eigenvalue weighted by Crippen LogP contribution is 2.35. The molecule has 0 saturated heterocycles. The summed E-state index contributed by atoms with van der Waals surface area (Å²) in [6.07, 6.45) is -3.91. The van der Waals surface area contributed by atoms with E-state index in [9.17, 15) is 18.0 Å². The molecule has 0 amide bonds. The second-order valence-corrected chi connectivity index (χ2v) is 4.97. The molecule has 0 radical (unpaired) electrons. The maximum Gasteiger partial charge on any atom is 0.417 e. The van der Waals surface area contributed by atoms with E-state index in [0.717, 1.165) is 6.07 Å². The molecule has 0 bridgehead atoms. The summed E-state index contributed by atoms with van der Waals surface area (Å²) in [5.74, 6) is 0.0401. The van der Waals surface area contributed by atoms with Gasteiger partial charge in [0.05, 0.1) is 5.56 Å². The average molecular weight is 342 g/mol. The lowest BCUT2D eigenvalue weighted by Crippen LogP contribution is -2.05. The zero-order valence-electron chi connectivity index (χ0n) is 11.2. The van der Waals surface area contributed by atoms with E-state index in [4.69, 9.17) is 20.8 Å². The minimum Gasteiger partial charge on any atom is -0.437 e. The van der Waals surface area contributed by atoms with Gasteiger partial charge in [-0.3, -0.25) is 0 Å². The minimum absolute atomic E-state index is 0.183. The van der Waals surface area contributed by atoms with Gasteiger partial charge in [-0.1, -0.05) is 11.6 Å². The van der Waals surface area contributed by atoms with Crippen molar-refractivity contribution >= 4 is 22.6 Å². The van der Waals surface area contributed by atoms with Crippen LogP contribution in [0.1, 0.15) is 5.56 Å². The van der Waals surface area contributed by atoms with Gasteiger partial charge in [-0.15, -0.1) is 0 Å². The minimum atomic E-state index is -4.54. The van der Waals surface area contributed by atoms with E-state index in [1.54, 1.807) is 18.2 Å². The molecule has 3 rings (SSSR count). The molecule has 0 aliphatic heterocycles. The lowest BCUT2D eigenvalue weighted by atomic mass is 10.2. The van der Waals surface area contributed by atoms with Crippen molar-refractivity contribution in [3.8, 4) is 11.6 Å². The number of hydrogen-bond acceptors (Lipinski definition) is 4. The Bertz CT molecular complexity index is 937. The molecule has 3 aromatic rings. The zero-order chi connectivity index (χ0) is 16.6. The van der Waals surface area contributed by atoms with E-state index in [1.807, 2.05) is 0 Å². The number of halogens is 4. The van der Waals surface area contributed by atoms with Crippen molar-refractivity contribution in [2.24, 2.45) is 0 Å². The molecule has 0 saturated carbocycles. The molecule has 118 valence electrons. The molecule has 23 heavy (non-hydrogen) atoms. The van der Waals surface area contributed by atoms with Gasteiger partial charge < -0.3 is 9.15 Å². The SMILES string of the molecule is O=c1ccc2ccc(Oc3ncc(C(F)(F)F)cc3Cl)cc2o1. The summed E-state index contributed by atoms with van der Waals surface area (Å²) in [4.78, 5) is 14.8. The highest BCUT2D eigenvalue weighted by atomic mass is 35.5. The predicted octanol–water partition coefficient (Wildman–Crippen LogP) is 4.65. The molecule has 1 aromatic carbocycles. The molecule has 0 aliphatic rings. The van der Waals surface area contributed by atoms with Crippen LogP contribution in [-0.2, 0) is 6.18 Å². The van der Waals surface area contributed by atoms with Gasteiger partial charge in [-0.2, -0.15) is 13.2 Å². The number of fused-ring (bicyclic) bond motifs is 1. The lowest BCUT2D eigenvalue weighted by Gasteiger charge is -2.10. The van der Waals surface area contributed by atoms with Crippen LogP contribution in [0.4, 0.5) is 13.2 Å². The molecule has 0 atom stereocenters. The average Bonchev–Trinajstić information content (AvgIpc) is 2.48. The number of aromatic nitrogens is 1. The Hall–Kier alpha value is -2.54.